The summed E-state index contributed by atoms with van der Waals surface area (Å²) in [7, 11) is -4.02. The molecule has 6 nitrogen and oxygen atoms in total. The van der Waals surface area contributed by atoms with Gasteiger partial charge in [0.05, 0.1) is 17.5 Å². The van der Waals surface area contributed by atoms with Gasteiger partial charge in [0, 0.05) is 5.56 Å². The summed E-state index contributed by atoms with van der Waals surface area (Å²) in [5, 5.41) is 10.5. The number of piperidine rings is 1. The van der Waals surface area contributed by atoms with Crippen LogP contribution in [0.5, 0.6) is 0 Å². The van der Waals surface area contributed by atoms with E-state index in [0.29, 0.717) is 12.1 Å². The molecule has 1 saturated heterocycles. The molecular formula is C27H29F2NO5S. The van der Waals surface area contributed by atoms with Crippen LogP contribution < -0.4 is 0 Å². The van der Waals surface area contributed by atoms with Gasteiger partial charge in [0.25, 0.3) is 10.1 Å². The number of hydrogen-bond donors (Lipinski definition) is 2. The lowest BCUT2D eigenvalue weighted by Crippen LogP contribution is -2.38. The second-order valence-electron chi connectivity index (χ2n) is 8.83. The van der Waals surface area contributed by atoms with Gasteiger partial charge in [0.2, 0.25) is 0 Å². The second-order valence-corrected chi connectivity index (χ2v) is 10.2. The van der Waals surface area contributed by atoms with Gasteiger partial charge in [0.15, 0.2) is 5.78 Å². The zero-order valence-corrected chi connectivity index (χ0v) is 20.7. The highest BCUT2D eigenvalue weighted by molar-refractivity contribution is 7.85. The Hall–Kier alpha value is -2.98. The Morgan fingerprint density at radius 3 is 1.92 bits per heavy atom. The van der Waals surface area contributed by atoms with Crippen LogP contribution in [0.2, 0.25) is 0 Å². The molecule has 36 heavy (non-hydrogen) atoms. The standard InChI is InChI=1S/C20H21F2NO2.C7H8O3S/c21-17-5-1-14(2-6-17)19(24)13-23-11-9-16(10-12-23)20(25)15-3-7-18(22)8-4-15;1-6-2-4-7(5-3-6)11(8,9)10/h1-8,16,20,25H,9-13H2;2-5H,1H3,(H,8,9,10). The minimum Gasteiger partial charge on any atom is -0.388 e. The van der Waals surface area contributed by atoms with Crippen molar-refractivity contribution in [2.75, 3.05) is 19.6 Å². The lowest BCUT2D eigenvalue weighted by Gasteiger charge is -2.34. The number of hydrogen-bond acceptors (Lipinski definition) is 5. The van der Waals surface area contributed by atoms with Crippen LogP contribution in [0.15, 0.2) is 77.7 Å². The number of halogens is 2. The summed E-state index contributed by atoms with van der Waals surface area (Å²) in [6.07, 6.45) is 0.931. The van der Waals surface area contributed by atoms with Crippen LogP contribution in [-0.2, 0) is 10.1 Å². The molecule has 0 saturated carbocycles. The highest BCUT2D eigenvalue weighted by Crippen LogP contribution is 2.30. The molecule has 4 rings (SSSR count). The first-order valence-corrected chi connectivity index (χ1v) is 13.0. The normalized spacial score (nSPS) is 15.6. The maximum Gasteiger partial charge on any atom is 0.294 e. The van der Waals surface area contributed by atoms with E-state index in [1.165, 1.54) is 48.5 Å². The average molecular weight is 518 g/mol. The molecule has 1 aliphatic heterocycles. The third-order valence-corrected chi connectivity index (χ3v) is 7.01. The van der Waals surface area contributed by atoms with Crippen LogP contribution in [0.1, 0.15) is 40.4 Å². The van der Waals surface area contributed by atoms with Crippen molar-refractivity contribution in [3.63, 3.8) is 0 Å². The predicted octanol–water partition coefficient (Wildman–Crippen LogP) is 4.83. The molecule has 0 aliphatic carbocycles. The number of rotatable bonds is 6. The first-order valence-electron chi connectivity index (χ1n) is 11.5. The quantitative estimate of drug-likeness (QED) is 0.359. The number of aliphatic hydroxyl groups is 1. The first-order chi connectivity index (χ1) is 17.0. The summed E-state index contributed by atoms with van der Waals surface area (Å²) in [5.41, 5.74) is 2.19. The van der Waals surface area contributed by atoms with Gasteiger partial charge in [-0.1, -0.05) is 29.8 Å². The molecule has 1 atom stereocenters. The largest absolute Gasteiger partial charge is 0.388 e. The first kappa shape index (κ1) is 27.6. The minimum atomic E-state index is -4.02. The Bertz CT molecular complexity index is 1240. The monoisotopic (exact) mass is 517 g/mol. The molecule has 3 aromatic carbocycles. The van der Waals surface area contributed by atoms with Crippen LogP contribution in [0, 0.1) is 24.5 Å². The summed E-state index contributed by atoms with van der Waals surface area (Å²) in [6.45, 7) is 3.57. The van der Waals surface area contributed by atoms with Gasteiger partial charge in [-0.25, -0.2) is 8.78 Å². The second kappa shape index (κ2) is 12.3. The number of aryl methyl sites for hydroxylation is 1. The molecular weight excluding hydrogens is 488 g/mol. The van der Waals surface area contributed by atoms with Gasteiger partial charge in [-0.15, -0.1) is 0 Å². The molecule has 1 fully saturated rings. The molecule has 1 unspecified atom stereocenters. The van der Waals surface area contributed by atoms with E-state index in [1.807, 2.05) is 6.92 Å². The van der Waals surface area contributed by atoms with Gasteiger partial charge in [-0.2, -0.15) is 8.42 Å². The molecule has 0 radical (unpaired) electrons. The lowest BCUT2D eigenvalue weighted by molar-refractivity contribution is 0.0563. The predicted molar refractivity (Wildman–Crippen MR) is 132 cm³/mol. The van der Waals surface area contributed by atoms with Crippen molar-refractivity contribution in [1.82, 2.24) is 4.90 Å². The molecule has 0 spiro atoms. The molecule has 3 aromatic rings. The SMILES string of the molecule is Cc1ccc(S(=O)(=O)O)cc1.O=C(CN1CCC(C(O)c2ccc(F)cc2)CC1)c1ccc(F)cc1. The van der Waals surface area contributed by atoms with Gasteiger partial charge >= 0.3 is 0 Å². The van der Waals surface area contributed by atoms with Gasteiger partial charge in [-0.3, -0.25) is 14.2 Å². The number of likely N-dealkylation sites (tertiary alicyclic amines) is 1. The maximum atomic E-state index is 13.0. The van der Waals surface area contributed by atoms with Crippen molar-refractivity contribution in [1.29, 1.82) is 0 Å². The van der Waals surface area contributed by atoms with E-state index in [-0.39, 0.29) is 28.2 Å². The summed E-state index contributed by atoms with van der Waals surface area (Å²) in [4.78, 5) is 14.2. The van der Waals surface area contributed by atoms with E-state index in [2.05, 4.69) is 4.90 Å². The Morgan fingerprint density at radius 1 is 0.917 bits per heavy atom. The van der Waals surface area contributed by atoms with E-state index in [9.17, 15) is 27.1 Å². The topological polar surface area (TPSA) is 94.9 Å². The minimum absolute atomic E-state index is 0.0301. The molecule has 1 heterocycles. The zero-order valence-electron chi connectivity index (χ0n) is 19.8. The number of carbonyl (C=O) groups is 1. The van der Waals surface area contributed by atoms with E-state index in [0.717, 1.165) is 37.1 Å². The van der Waals surface area contributed by atoms with E-state index < -0.39 is 16.2 Å². The molecule has 192 valence electrons. The van der Waals surface area contributed by atoms with Crippen LogP contribution in [0.4, 0.5) is 8.78 Å². The van der Waals surface area contributed by atoms with Crippen molar-refractivity contribution < 1.29 is 31.7 Å². The molecule has 1 aliphatic rings. The number of nitrogens with zero attached hydrogens (tertiary/aromatic N) is 1. The van der Waals surface area contributed by atoms with Crippen molar-refractivity contribution >= 4 is 15.9 Å². The average Bonchev–Trinajstić information content (AvgIpc) is 2.85. The smallest absolute Gasteiger partial charge is 0.294 e. The fourth-order valence-electron chi connectivity index (χ4n) is 4.00. The molecule has 0 aromatic heterocycles. The summed E-state index contributed by atoms with van der Waals surface area (Å²) in [5.74, 6) is -0.600. The van der Waals surface area contributed by atoms with Crippen molar-refractivity contribution in [2.24, 2.45) is 5.92 Å². The maximum absolute atomic E-state index is 13.0. The Balaban J connectivity index is 0.000000275. The number of carbonyl (C=O) groups excluding carboxylic acids is 1. The van der Waals surface area contributed by atoms with Gasteiger partial charge in [-0.05, 0) is 92.9 Å². The van der Waals surface area contributed by atoms with Crippen LogP contribution in [-0.4, -0.2) is 48.4 Å². The highest BCUT2D eigenvalue weighted by Gasteiger charge is 2.27. The lowest BCUT2D eigenvalue weighted by atomic mass is 9.87. The van der Waals surface area contributed by atoms with Crippen LogP contribution in [0.25, 0.3) is 0 Å². The van der Waals surface area contributed by atoms with Gasteiger partial charge in [0.1, 0.15) is 11.6 Å². The summed E-state index contributed by atoms with van der Waals surface area (Å²) < 4.78 is 55.5. The van der Waals surface area contributed by atoms with E-state index >= 15 is 0 Å². The number of Topliss-reactive ketones (excluding diaryl/α,β-unsaturated/α-hetero) is 1. The molecule has 9 heteroatoms. The van der Waals surface area contributed by atoms with E-state index in [1.54, 1.807) is 24.3 Å². The van der Waals surface area contributed by atoms with Crippen LogP contribution >= 0.6 is 0 Å². The Labute approximate surface area is 210 Å². The summed E-state index contributed by atoms with van der Waals surface area (Å²) >= 11 is 0. The third kappa shape index (κ3) is 8.03. The fraction of sp³-hybridized carbons (Fsp3) is 0.296. The molecule has 0 amide bonds. The van der Waals surface area contributed by atoms with E-state index in [4.69, 9.17) is 4.55 Å². The third-order valence-electron chi connectivity index (χ3n) is 6.14. The van der Waals surface area contributed by atoms with Crippen molar-refractivity contribution in [2.45, 2.75) is 30.8 Å². The number of ketones is 1. The zero-order chi connectivity index (χ0) is 26.3. The summed E-state index contributed by atoms with van der Waals surface area (Å²) in [6, 6.07) is 17.5. The molecule has 0 bridgehead atoms. The van der Waals surface area contributed by atoms with Gasteiger partial charge < -0.3 is 5.11 Å². The van der Waals surface area contributed by atoms with Crippen molar-refractivity contribution in [3.8, 4) is 0 Å². The Morgan fingerprint density at radius 2 is 1.42 bits per heavy atom. The van der Waals surface area contributed by atoms with Crippen molar-refractivity contribution in [3.05, 3.63) is 101 Å². The highest BCUT2D eigenvalue weighted by atomic mass is 32.2. The van der Waals surface area contributed by atoms with Crippen LogP contribution in [0.3, 0.4) is 0 Å². The Kier molecular flexibility index (Phi) is 9.44. The number of aliphatic hydroxyl groups excluding tert-OH is 1. The number of benzene rings is 3. The fourth-order valence-corrected chi connectivity index (χ4v) is 4.48. The molecule has 2 N–H and O–H groups in total.